The second kappa shape index (κ2) is 8.37. The van der Waals surface area contributed by atoms with Crippen molar-refractivity contribution in [3.05, 3.63) is 57.6 Å². The molecule has 2 aromatic rings. The fraction of sp³-hybridized carbons (Fsp3) is 0.300. The Morgan fingerprint density at radius 2 is 2.03 bits per heavy atom. The highest BCUT2D eigenvalue weighted by Crippen LogP contribution is 2.33. The zero-order valence-corrected chi connectivity index (χ0v) is 15.9. The molecule has 10 heteroatoms. The summed E-state index contributed by atoms with van der Waals surface area (Å²) in [6, 6.07) is 9.77. The van der Waals surface area contributed by atoms with Crippen LogP contribution in [0.1, 0.15) is 17.5 Å². The molecule has 2 aromatic carbocycles. The van der Waals surface area contributed by atoms with Crippen molar-refractivity contribution in [2.75, 3.05) is 24.8 Å². The van der Waals surface area contributed by atoms with Crippen molar-refractivity contribution in [1.82, 2.24) is 0 Å². The van der Waals surface area contributed by atoms with Gasteiger partial charge in [-0.15, -0.1) is 0 Å². The van der Waals surface area contributed by atoms with Crippen LogP contribution < -0.4 is 14.4 Å². The van der Waals surface area contributed by atoms with Crippen molar-refractivity contribution in [2.45, 2.75) is 19.6 Å². The Balaban J connectivity index is 1.41. The zero-order valence-electron chi connectivity index (χ0n) is 15.9. The molecule has 0 spiro atoms. The number of anilines is 1. The number of carbonyl (C=O) groups excluding carboxylic acids is 2. The summed E-state index contributed by atoms with van der Waals surface area (Å²) in [4.78, 5) is 36.6. The highest BCUT2D eigenvalue weighted by molar-refractivity contribution is 5.98. The SMILES string of the molecule is O=C(CCN1C(=O)COc2ccccc21)OCc1cc([N+](=O)[O-])cc2c1OCOC2. The summed E-state index contributed by atoms with van der Waals surface area (Å²) in [5.74, 6) is 0.215. The minimum Gasteiger partial charge on any atom is -0.482 e. The van der Waals surface area contributed by atoms with E-state index < -0.39 is 10.9 Å². The van der Waals surface area contributed by atoms with E-state index >= 15 is 0 Å². The van der Waals surface area contributed by atoms with Gasteiger partial charge in [0.15, 0.2) is 13.4 Å². The van der Waals surface area contributed by atoms with Gasteiger partial charge in [0.05, 0.1) is 23.6 Å². The van der Waals surface area contributed by atoms with Crippen molar-refractivity contribution in [1.29, 1.82) is 0 Å². The fourth-order valence-corrected chi connectivity index (χ4v) is 3.33. The number of nitro benzene ring substituents is 1. The van der Waals surface area contributed by atoms with Crippen LogP contribution in [0.5, 0.6) is 11.5 Å². The van der Waals surface area contributed by atoms with Gasteiger partial charge in [0, 0.05) is 29.8 Å². The third kappa shape index (κ3) is 4.03. The average Bonchev–Trinajstić information content (AvgIpc) is 2.76. The molecule has 0 saturated carbocycles. The van der Waals surface area contributed by atoms with Gasteiger partial charge in [0.2, 0.25) is 0 Å². The van der Waals surface area contributed by atoms with Crippen molar-refractivity contribution in [3.63, 3.8) is 0 Å². The van der Waals surface area contributed by atoms with Crippen molar-refractivity contribution < 1.29 is 33.5 Å². The Morgan fingerprint density at radius 3 is 2.87 bits per heavy atom. The first kappa shape index (κ1) is 19.6. The summed E-state index contributed by atoms with van der Waals surface area (Å²) in [7, 11) is 0. The molecule has 0 atom stereocenters. The van der Waals surface area contributed by atoms with Crippen LogP contribution in [0.4, 0.5) is 11.4 Å². The number of fused-ring (bicyclic) bond motifs is 2. The standard InChI is InChI=1S/C20H18N2O8/c23-18-11-28-17-4-2-1-3-16(17)21(18)6-5-19(24)29-10-14-8-15(22(25)26)7-13-9-27-12-30-20(13)14/h1-4,7-8H,5-6,9-12H2. The number of non-ortho nitro benzene ring substituents is 1. The zero-order chi connectivity index (χ0) is 21.1. The van der Waals surface area contributed by atoms with E-state index in [9.17, 15) is 19.7 Å². The maximum atomic E-state index is 12.3. The lowest BCUT2D eigenvalue weighted by Gasteiger charge is -2.29. The number of nitro groups is 1. The molecule has 2 heterocycles. The first-order valence-corrected chi connectivity index (χ1v) is 9.21. The second-order valence-corrected chi connectivity index (χ2v) is 6.67. The van der Waals surface area contributed by atoms with E-state index in [1.165, 1.54) is 17.0 Å². The number of rotatable bonds is 6. The highest BCUT2D eigenvalue weighted by atomic mass is 16.7. The second-order valence-electron chi connectivity index (χ2n) is 6.67. The summed E-state index contributed by atoms with van der Waals surface area (Å²) in [6.07, 6.45) is -0.0405. The van der Waals surface area contributed by atoms with E-state index in [4.69, 9.17) is 18.9 Å². The first-order chi connectivity index (χ1) is 14.5. The normalized spacial score (nSPS) is 14.8. The quantitative estimate of drug-likeness (QED) is 0.402. The highest BCUT2D eigenvalue weighted by Gasteiger charge is 2.26. The molecule has 2 aliphatic rings. The van der Waals surface area contributed by atoms with Gasteiger partial charge in [0.25, 0.3) is 11.6 Å². The third-order valence-electron chi connectivity index (χ3n) is 4.72. The number of hydrogen-bond acceptors (Lipinski definition) is 8. The van der Waals surface area contributed by atoms with E-state index in [0.29, 0.717) is 28.3 Å². The molecule has 0 N–H and O–H groups in total. The minimum atomic E-state index is -0.543. The maximum Gasteiger partial charge on any atom is 0.307 e. The van der Waals surface area contributed by atoms with Crippen LogP contribution >= 0.6 is 0 Å². The number of nitrogens with zero attached hydrogens (tertiary/aromatic N) is 2. The van der Waals surface area contributed by atoms with Gasteiger partial charge in [0.1, 0.15) is 18.1 Å². The Kier molecular flexibility index (Phi) is 5.48. The summed E-state index contributed by atoms with van der Waals surface area (Å²) in [5, 5.41) is 11.2. The van der Waals surface area contributed by atoms with Gasteiger partial charge in [-0.2, -0.15) is 0 Å². The predicted octanol–water partition coefficient (Wildman–Crippen LogP) is 2.32. The first-order valence-electron chi connectivity index (χ1n) is 9.21. The van der Waals surface area contributed by atoms with Gasteiger partial charge < -0.3 is 23.8 Å². The molecule has 0 bridgehead atoms. The van der Waals surface area contributed by atoms with E-state index in [2.05, 4.69) is 0 Å². The van der Waals surface area contributed by atoms with Crippen LogP contribution in [-0.2, 0) is 32.3 Å². The molecule has 0 radical (unpaired) electrons. The molecular weight excluding hydrogens is 396 g/mol. The maximum absolute atomic E-state index is 12.3. The molecule has 0 aliphatic carbocycles. The molecule has 0 unspecified atom stereocenters. The number of para-hydroxylation sites is 2. The van der Waals surface area contributed by atoms with E-state index in [-0.39, 0.29) is 51.2 Å². The predicted molar refractivity (Wildman–Crippen MR) is 102 cm³/mol. The van der Waals surface area contributed by atoms with Gasteiger partial charge in [-0.1, -0.05) is 12.1 Å². The number of benzene rings is 2. The Labute approximate surface area is 171 Å². The molecule has 0 fully saturated rings. The van der Waals surface area contributed by atoms with Crippen LogP contribution in [0, 0.1) is 10.1 Å². The molecule has 10 nitrogen and oxygen atoms in total. The number of ether oxygens (including phenoxy) is 4. The Hall–Kier alpha value is -3.66. The third-order valence-corrected chi connectivity index (χ3v) is 4.72. The molecule has 0 aromatic heterocycles. The topological polar surface area (TPSA) is 117 Å². The molecule has 2 aliphatic heterocycles. The number of amides is 1. The van der Waals surface area contributed by atoms with E-state index in [1.807, 2.05) is 0 Å². The van der Waals surface area contributed by atoms with E-state index in [0.717, 1.165) is 0 Å². The lowest BCUT2D eigenvalue weighted by Crippen LogP contribution is -2.40. The molecular formula is C20H18N2O8. The largest absolute Gasteiger partial charge is 0.482 e. The smallest absolute Gasteiger partial charge is 0.307 e. The van der Waals surface area contributed by atoms with Crippen molar-refractivity contribution in [3.8, 4) is 11.5 Å². The average molecular weight is 414 g/mol. The molecule has 156 valence electrons. The van der Waals surface area contributed by atoms with Crippen molar-refractivity contribution in [2.24, 2.45) is 0 Å². The van der Waals surface area contributed by atoms with Crippen LogP contribution in [-0.4, -0.2) is 36.7 Å². The van der Waals surface area contributed by atoms with Gasteiger partial charge in [-0.05, 0) is 12.1 Å². The number of esters is 1. The molecule has 0 saturated heterocycles. The van der Waals surface area contributed by atoms with Gasteiger partial charge in [-0.3, -0.25) is 19.7 Å². The number of hydrogen-bond donors (Lipinski definition) is 0. The van der Waals surface area contributed by atoms with Gasteiger partial charge >= 0.3 is 5.97 Å². The molecule has 30 heavy (non-hydrogen) atoms. The molecule has 4 rings (SSSR count). The Morgan fingerprint density at radius 1 is 1.20 bits per heavy atom. The lowest BCUT2D eigenvalue weighted by atomic mass is 10.1. The van der Waals surface area contributed by atoms with Crippen LogP contribution in [0.3, 0.4) is 0 Å². The minimum absolute atomic E-state index is 0.0182. The fourth-order valence-electron chi connectivity index (χ4n) is 3.33. The number of carbonyl (C=O) groups is 2. The van der Waals surface area contributed by atoms with Gasteiger partial charge in [-0.25, -0.2) is 0 Å². The summed E-state index contributed by atoms with van der Waals surface area (Å²) >= 11 is 0. The summed E-state index contributed by atoms with van der Waals surface area (Å²) < 4.78 is 21.2. The monoisotopic (exact) mass is 414 g/mol. The molecule has 1 amide bonds. The van der Waals surface area contributed by atoms with Crippen LogP contribution in [0.2, 0.25) is 0 Å². The summed E-state index contributed by atoms with van der Waals surface area (Å²) in [5.41, 5.74) is 1.38. The van der Waals surface area contributed by atoms with E-state index in [1.54, 1.807) is 24.3 Å². The lowest BCUT2D eigenvalue weighted by molar-refractivity contribution is -0.385. The summed E-state index contributed by atoms with van der Waals surface area (Å²) in [6.45, 7) is 0.0536. The van der Waals surface area contributed by atoms with Crippen molar-refractivity contribution >= 4 is 23.3 Å². The van der Waals surface area contributed by atoms with Crippen LogP contribution in [0.15, 0.2) is 36.4 Å². The van der Waals surface area contributed by atoms with Crippen LogP contribution in [0.25, 0.3) is 0 Å². The Bertz CT molecular complexity index is 1010.